The molecule has 0 aliphatic rings. The molecule has 252 valence electrons. The molecule has 16 heteroatoms. The van der Waals surface area contributed by atoms with E-state index in [2.05, 4.69) is 16.0 Å². The van der Waals surface area contributed by atoms with Crippen molar-refractivity contribution >= 4 is 29.4 Å². The number of hydrogen-bond donors (Lipinski definition) is 3. The van der Waals surface area contributed by atoms with Crippen molar-refractivity contribution in [1.82, 2.24) is 15.2 Å². The Balaban J connectivity index is 2.34. The van der Waals surface area contributed by atoms with E-state index in [1.54, 1.807) is 6.92 Å². The molecule has 0 radical (unpaired) electrons. The van der Waals surface area contributed by atoms with Crippen molar-refractivity contribution in [2.45, 2.75) is 65.0 Å². The molecule has 2 rings (SSSR count). The number of allylic oxidation sites excluding steroid dienone is 1. The highest BCUT2D eigenvalue weighted by Crippen LogP contribution is 2.36. The number of nitrogens with one attached hydrogen (secondary N) is 3. The minimum absolute atomic E-state index is 0.0787. The lowest BCUT2D eigenvalue weighted by molar-refractivity contribution is -0.143. The van der Waals surface area contributed by atoms with Crippen LogP contribution in [0.5, 0.6) is 0 Å². The summed E-state index contributed by atoms with van der Waals surface area (Å²) >= 11 is 0. The van der Waals surface area contributed by atoms with Crippen LogP contribution in [0.4, 0.5) is 32.0 Å². The molecule has 46 heavy (non-hydrogen) atoms. The third-order valence-corrected chi connectivity index (χ3v) is 6.27. The molecule has 0 saturated carbocycles. The topological polar surface area (TPSA) is 136 Å². The highest BCUT2D eigenvalue weighted by molar-refractivity contribution is 6.01. The van der Waals surface area contributed by atoms with Crippen LogP contribution in [0.15, 0.2) is 53.5 Å². The smallest absolute Gasteiger partial charge is 0.416 e. The van der Waals surface area contributed by atoms with Crippen LogP contribution < -0.4 is 21.5 Å². The number of anilines is 1. The van der Waals surface area contributed by atoms with Crippen LogP contribution in [0.1, 0.15) is 61.5 Å². The van der Waals surface area contributed by atoms with Crippen molar-refractivity contribution < 1.29 is 50.3 Å². The molecule has 0 fully saturated rings. The first-order valence-electron chi connectivity index (χ1n) is 14.1. The number of carbonyl (C=O) groups excluding carboxylic acids is 4. The molecular formula is C30H34F6N4O6. The number of ether oxygens (including phenoxy) is 1. The summed E-state index contributed by atoms with van der Waals surface area (Å²) in [6, 6.07) is 1.23. The van der Waals surface area contributed by atoms with Crippen LogP contribution in [0.3, 0.4) is 0 Å². The zero-order valence-electron chi connectivity index (χ0n) is 25.2. The molecule has 1 unspecified atom stereocenters. The third kappa shape index (κ3) is 12.0. The number of nitrogens with zero attached hydrogens (tertiary/aromatic N) is 1. The monoisotopic (exact) mass is 660 g/mol. The van der Waals surface area contributed by atoms with Crippen molar-refractivity contribution in [1.29, 1.82) is 0 Å². The van der Waals surface area contributed by atoms with Gasteiger partial charge < -0.3 is 25.3 Å². The fraction of sp³-hybridized carbons (Fsp3) is 0.433. The Hall–Kier alpha value is -4.63. The van der Waals surface area contributed by atoms with Gasteiger partial charge >= 0.3 is 18.3 Å². The molecule has 1 aromatic carbocycles. The van der Waals surface area contributed by atoms with E-state index in [1.165, 1.54) is 24.4 Å². The quantitative estimate of drug-likeness (QED) is 0.153. The Kier molecular flexibility index (Phi) is 13.6. The van der Waals surface area contributed by atoms with E-state index in [9.17, 15) is 50.3 Å². The second-order valence-corrected chi connectivity index (χ2v) is 10.4. The maximum Gasteiger partial charge on any atom is 0.416 e. The van der Waals surface area contributed by atoms with E-state index < -0.39 is 64.3 Å². The summed E-state index contributed by atoms with van der Waals surface area (Å²) in [5.74, 6) is -3.33. The third-order valence-electron chi connectivity index (χ3n) is 6.27. The Labute approximate surface area is 260 Å². The molecular weight excluding hydrogens is 626 g/mol. The second kappa shape index (κ2) is 16.6. The van der Waals surface area contributed by atoms with Crippen molar-refractivity contribution in [3.8, 4) is 0 Å². The first-order valence-corrected chi connectivity index (χ1v) is 14.1. The maximum atomic E-state index is 13.3. The molecule has 0 aliphatic heterocycles. The van der Waals surface area contributed by atoms with Crippen molar-refractivity contribution in [2.75, 3.05) is 18.5 Å². The van der Waals surface area contributed by atoms with Crippen LogP contribution in [0.2, 0.25) is 0 Å². The number of benzene rings is 1. The molecule has 1 heterocycles. The summed E-state index contributed by atoms with van der Waals surface area (Å²) in [6.07, 6.45) is -6.50. The van der Waals surface area contributed by atoms with Gasteiger partial charge in [0, 0.05) is 24.4 Å². The van der Waals surface area contributed by atoms with Gasteiger partial charge in [-0.05, 0) is 62.4 Å². The number of alkyl halides is 6. The predicted molar refractivity (Wildman–Crippen MR) is 155 cm³/mol. The van der Waals surface area contributed by atoms with Gasteiger partial charge in [0.15, 0.2) is 0 Å². The number of rotatable bonds is 14. The summed E-state index contributed by atoms with van der Waals surface area (Å²) in [7, 11) is 0. The lowest BCUT2D eigenvalue weighted by Gasteiger charge is -2.19. The largest absolute Gasteiger partial charge is 0.463 e. The molecule has 0 saturated heterocycles. The van der Waals surface area contributed by atoms with Crippen molar-refractivity contribution in [3.05, 3.63) is 75.7 Å². The van der Waals surface area contributed by atoms with E-state index in [1.807, 2.05) is 13.8 Å². The van der Waals surface area contributed by atoms with Gasteiger partial charge in [-0.25, -0.2) is 4.79 Å². The minimum Gasteiger partial charge on any atom is -0.463 e. The van der Waals surface area contributed by atoms with E-state index in [-0.39, 0.29) is 49.9 Å². The van der Waals surface area contributed by atoms with E-state index in [0.717, 1.165) is 10.6 Å². The van der Waals surface area contributed by atoms with Crippen LogP contribution >= 0.6 is 0 Å². The number of esters is 1. The van der Waals surface area contributed by atoms with Gasteiger partial charge in [-0.3, -0.25) is 19.2 Å². The number of amides is 3. The summed E-state index contributed by atoms with van der Waals surface area (Å²) in [5, 5.41) is 7.06. The van der Waals surface area contributed by atoms with Crippen LogP contribution in [-0.4, -0.2) is 47.5 Å². The molecule has 1 atom stereocenters. The zero-order chi connectivity index (χ0) is 34.7. The molecule has 1 aromatic heterocycles. The van der Waals surface area contributed by atoms with Gasteiger partial charge in [0.05, 0.1) is 17.7 Å². The number of halogens is 6. The van der Waals surface area contributed by atoms with Gasteiger partial charge in [-0.1, -0.05) is 19.9 Å². The summed E-state index contributed by atoms with van der Waals surface area (Å²) in [5.41, 5.74) is -5.60. The number of pyridine rings is 1. The Morgan fingerprint density at radius 3 is 2.17 bits per heavy atom. The highest BCUT2D eigenvalue weighted by atomic mass is 19.4. The van der Waals surface area contributed by atoms with Gasteiger partial charge in [-0.2, -0.15) is 26.3 Å². The first kappa shape index (κ1) is 37.6. The molecule has 10 nitrogen and oxygen atoms in total. The number of aromatic nitrogens is 1. The van der Waals surface area contributed by atoms with Gasteiger partial charge in [-0.15, -0.1) is 0 Å². The fourth-order valence-electron chi connectivity index (χ4n) is 3.92. The van der Waals surface area contributed by atoms with E-state index in [0.29, 0.717) is 18.9 Å². The number of carbonyl (C=O) groups is 4. The average Bonchev–Trinajstić information content (AvgIpc) is 2.95. The lowest BCUT2D eigenvalue weighted by Crippen LogP contribution is -2.44. The average molecular weight is 661 g/mol. The summed E-state index contributed by atoms with van der Waals surface area (Å²) in [6.45, 7) is 5.58. The molecule has 3 N–H and O–H groups in total. The Morgan fingerprint density at radius 2 is 1.61 bits per heavy atom. The molecule has 3 amide bonds. The van der Waals surface area contributed by atoms with Crippen LogP contribution in [-0.2, 0) is 38.0 Å². The van der Waals surface area contributed by atoms with Crippen molar-refractivity contribution in [3.63, 3.8) is 0 Å². The van der Waals surface area contributed by atoms with Crippen LogP contribution in [0.25, 0.3) is 0 Å². The normalized spacial score (nSPS) is 12.6. The summed E-state index contributed by atoms with van der Waals surface area (Å²) < 4.78 is 85.8. The van der Waals surface area contributed by atoms with Crippen LogP contribution in [0, 0.1) is 5.92 Å². The lowest BCUT2D eigenvalue weighted by atomic mass is 10.0. The summed E-state index contributed by atoms with van der Waals surface area (Å²) in [4.78, 5) is 63.0. The molecule has 0 aliphatic carbocycles. The Morgan fingerprint density at radius 1 is 0.978 bits per heavy atom. The molecule has 0 spiro atoms. The maximum absolute atomic E-state index is 13.3. The van der Waals surface area contributed by atoms with E-state index >= 15 is 0 Å². The fourth-order valence-corrected chi connectivity index (χ4v) is 3.92. The minimum atomic E-state index is -5.22. The zero-order valence-corrected chi connectivity index (χ0v) is 25.2. The SMILES string of the molecule is CCOC(=O)C=CCCC(NC(=O)c1cc(C(F)(F)F)cc(C(F)(F)F)c1)C(=O)Nc1cccn(CC(=O)NCCC(C)C)c1=O. The Bertz CT molecular complexity index is 1450. The van der Waals surface area contributed by atoms with Gasteiger partial charge in [0.2, 0.25) is 11.8 Å². The second-order valence-electron chi connectivity index (χ2n) is 10.4. The standard InChI is InChI=1S/C30H34F6N4O6/c1-4-46-25(42)10-6-5-8-22(38-26(43)19-14-20(29(31,32)33)16-21(15-19)30(34,35)36)27(44)39-23-9-7-13-40(28(23)45)17-24(41)37-12-11-18(2)3/h6-7,9-10,13-16,18,22H,4-5,8,11-12,17H2,1-3H3,(H,37,41)(H,38,43)(H,39,44). The predicted octanol–water partition coefficient (Wildman–Crippen LogP) is 4.68. The first-order chi connectivity index (χ1) is 21.4. The van der Waals surface area contributed by atoms with Gasteiger partial charge in [0.25, 0.3) is 11.5 Å². The molecule has 2 aromatic rings. The van der Waals surface area contributed by atoms with E-state index in [4.69, 9.17) is 4.74 Å². The van der Waals surface area contributed by atoms with Crippen molar-refractivity contribution in [2.24, 2.45) is 5.92 Å². The highest BCUT2D eigenvalue weighted by Gasteiger charge is 2.38. The molecule has 0 bridgehead atoms. The number of hydrogen-bond acceptors (Lipinski definition) is 6. The van der Waals surface area contributed by atoms with Gasteiger partial charge in [0.1, 0.15) is 18.3 Å².